The molecule has 0 bridgehead atoms. The van der Waals surface area contributed by atoms with Crippen molar-refractivity contribution in [3.63, 3.8) is 0 Å². The van der Waals surface area contributed by atoms with E-state index in [1.165, 1.54) is 4.31 Å². The molecule has 2 aliphatic rings. The van der Waals surface area contributed by atoms with Gasteiger partial charge in [-0.25, -0.2) is 8.42 Å². The van der Waals surface area contributed by atoms with E-state index in [9.17, 15) is 21.6 Å². The number of benzene rings is 2. The molecule has 30 heavy (non-hydrogen) atoms. The Morgan fingerprint density at radius 3 is 2.33 bits per heavy atom. The van der Waals surface area contributed by atoms with E-state index in [1.54, 1.807) is 0 Å². The third-order valence-electron chi connectivity index (χ3n) is 5.35. The molecular formula is C20H21F3N2O4S. The lowest BCUT2D eigenvalue weighted by Gasteiger charge is -2.41. The summed E-state index contributed by atoms with van der Waals surface area (Å²) in [5, 5.41) is 0. The highest BCUT2D eigenvalue weighted by molar-refractivity contribution is 7.89. The van der Waals surface area contributed by atoms with Gasteiger partial charge in [0.25, 0.3) is 0 Å². The van der Waals surface area contributed by atoms with Crippen LogP contribution in [0.3, 0.4) is 0 Å². The first-order chi connectivity index (χ1) is 14.2. The highest BCUT2D eigenvalue weighted by atomic mass is 32.2. The summed E-state index contributed by atoms with van der Waals surface area (Å²) >= 11 is 0. The van der Waals surface area contributed by atoms with Crippen LogP contribution in [0.2, 0.25) is 0 Å². The quantitative estimate of drug-likeness (QED) is 0.722. The third kappa shape index (κ3) is 4.40. The van der Waals surface area contributed by atoms with Crippen LogP contribution < -0.4 is 9.64 Å². The number of hydrogen-bond donors (Lipinski definition) is 0. The summed E-state index contributed by atoms with van der Waals surface area (Å²) < 4.78 is 73.5. The number of hydrogen-bond acceptors (Lipinski definition) is 5. The van der Waals surface area contributed by atoms with Crippen molar-refractivity contribution in [1.29, 1.82) is 0 Å². The number of halogens is 3. The van der Waals surface area contributed by atoms with Gasteiger partial charge in [-0.15, -0.1) is 13.2 Å². The van der Waals surface area contributed by atoms with E-state index < -0.39 is 22.1 Å². The topological polar surface area (TPSA) is 59.1 Å². The Kier molecular flexibility index (Phi) is 5.65. The first-order valence-corrected chi connectivity index (χ1v) is 11.0. The molecule has 0 amide bonds. The van der Waals surface area contributed by atoms with Crippen LogP contribution in [0.1, 0.15) is 18.4 Å². The number of ether oxygens (including phenoxy) is 2. The van der Waals surface area contributed by atoms with Gasteiger partial charge in [0.1, 0.15) is 12.5 Å². The van der Waals surface area contributed by atoms with Crippen molar-refractivity contribution in [3.8, 4) is 5.75 Å². The molecule has 2 heterocycles. The predicted molar refractivity (Wildman–Crippen MR) is 103 cm³/mol. The fourth-order valence-corrected chi connectivity index (χ4v) is 5.36. The summed E-state index contributed by atoms with van der Waals surface area (Å²) in [6.07, 6.45) is -3.56. The van der Waals surface area contributed by atoms with Gasteiger partial charge in [0.05, 0.1) is 11.5 Å². The van der Waals surface area contributed by atoms with Crippen LogP contribution in [0.25, 0.3) is 0 Å². The fraction of sp³-hybridized carbons (Fsp3) is 0.400. The molecule has 2 aromatic rings. The van der Waals surface area contributed by atoms with Gasteiger partial charge in [0, 0.05) is 30.4 Å². The molecule has 0 saturated carbocycles. The molecule has 0 atom stereocenters. The Bertz CT molecular complexity index is 988. The second-order valence-electron chi connectivity index (χ2n) is 7.23. The maximum Gasteiger partial charge on any atom is 0.573 e. The number of anilines is 1. The molecule has 6 nitrogen and oxygen atoms in total. The number of para-hydroxylation sites is 1. The molecule has 2 aliphatic heterocycles. The molecule has 10 heteroatoms. The summed E-state index contributed by atoms with van der Waals surface area (Å²) in [6.45, 7) is 1.68. The van der Waals surface area contributed by atoms with Gasteiger partial charge >= 0.3 is 6.36 Å². The number of sulfonamides is 1. The van der Waals surface area contributed by atoms with Crippen molar-refractivity contribution in [2.75, 3.05) is 24.7 Å². The molecule has 1 saturated heterocycles. The molecule has 0 aromatic heterocycles. The maximum atomic E-state index is 12.9. The SMILES string of the molecule is O=S(=O)(c1ccc(OC(F)(F)F)cc1)N1CCC(N2COCc3ccccc32)CC1. The second kappa shape index (κ2) is 8.09. The zero-order valence-electron chi connectivity index (χ0n) is 16.0. The monoisotopic (exact) mass is 442 g/mol. The number of alkyl halides is 3. The molecule has 4 rings (SSSR count). The zero-order chi connectivity index (χ0) is 21.4. The smallest absolute Gasteiger partial charge is 0.406 e. The van der Waals surface area contributed by atoms with Crippen molar-refractivity contribution in [3.05, 3.63) is 54.1 Å². The molecule has 0 aliphatic carbocycles. The summed E-state index contributed by atoms with van der Waals surface area (Å²) in [6, 6.07) is 12.5. The minimum Gasteiger partial charge on any atom is -0.406 e. The van der Waals surface area contributed by atoms with Crippen molar-refractivity contribution in [2.24, 2.45) is 0 Å². The Morgan fingerprint density at radius 2 is 1.67 bits per heavy atom. The molecule has 0 N–H and O–H groups in total. The van der Waals surface area contributed by atoms with Gasteiger partial charge in [-0.1, -0.05) is 18.2 Å². The van der Waals surface area contributed by atoms with Gasteiger partial charge in [-0.3, -0.25) is 0 Å². The highest BCUT2D eigenvalue weighted by Gasteiger charge is 2.34. The summed E-state index contributed by atoms with van der Waals surface area (Å²) in [7, 11) is -3.79. The zero-order valence-corrected chi connectivity index (χ0v) is 16.8. The van der Waals surface area contributed by atoms with E-state index in [2.05, 4.69) is 9.64 Å². The van der Waals surface area contributed by atoms with Gasteiger partial charge in [-0.2, -0.15) is 4.31 Å². The molecule has 1 fully saturated rings. The fourth-order valence-electron chi connectivity index (χ4n) is 3.90. The minimum absolute atomic E-state index is 0.0536. The van der Waals surface area contributed by atoms with Crippen molar-refractivity contribution >= 4 is 15.7 Å². The van der Waals surface area contributed by atoms with Crippen molar-refractivity contribution in [2.45, 2.75) is 36.7 Å². The van der Waals surface area contributed by atoms with Crippen LogP contribution in [0, 0.1) is 0 Å². The largest absolute Gasteiger partial charge is 0.573 e. The third-order valence-corrected chi connectivity index (χ3v) is 7.26. The number of nitrogens with zero attached hydrogens (tertiary/aromatic N) is 2. The van der Waals surface area contributed by atoms with Crippen LogP contribution in [-0.2, 0) is 21.4 Å². The average molecular weight is 442 g/mol. The Morgan fingerprint density at radius 1 is 1.00 bits per heavy atom. The first kappa shape index (κ1) is 21.0. The molecule has 0 radical (unpaired) electrons. The lowest BCUT2D eigenvalue weighted by molar-refractivity contribution is -0.274. The normalized spacial score (nSPS) is 18.8. The highest BCUT2D eigenvalue weighted by Crippen LogP contribution is 2.32. The molecule has 162 valence electrons. The number of piperidine rings is 1. The second-order valence-corrected chi connectivity index (χ2v) is 9.17. The summed E-state index contributed by atoms with van der Waals surface area (Å²) in [5.74, 6) is -0.455. The van der Waals surface area contributed by atoms with Crippen LogP contribution >= 0.6 is 0 Å². The van der Waals surface area contributed by atoms with Crippen LogP contribution in [0.5, 0.6) is 5.75 Å². The van der Waals surface area contributed by atoms with Gasteiger partial charge < -0.3 is 14.4 Å². The van der Waals surface area contributed by atoms with Crippen molar-refractivity contribution in [1.82, 2.24) is 4.31 Å². The van der Waals surface area contributed by atoms with Gasteiger partial charge in [0.15, 0.2) is 0 Å². The van der Waals surface area contributed by atoms with Gasteiger partial charge in [-0.05, 0) is 43.2 Å². The molecular weight excluding hydrogens is 421 g/mol. The lowest BCUT2D eigenvalue weighted by atomic mass is 10.0. The summed E-state index contributed by atoms with van der Waals surface area (Å²) in [4.78, 5) is 2.12. The first-order valence-electron chi connectivity index (χ1n) is 9.52. The van der Waals surface area contributed by atoms with E-state index >= 15 is 0 Å². The van der Waals surface area contributed by atoms with E-state index in [-0.39, 0.29) is 10.9 Å². The van der Waals surface area contributed by atoms with Crippen LogP contribution in [0.15, 0.2) is 53.4 Å². The molecule has 0 unspecified atom stereocenters. The van der Waals surface area contributed by atoms with E-state index in [4.69, 9.17) is 4.74 Å². The molecule has 2 aromatic carbocycles. The molecule has 0 spiro atoms. The maximum absolute atomic E-state index is 12.9. The Balaban J connectivity index is 1.42. The predicted octanol–water partition coefficient (Wildman–Crippen LogP) is 3.73. The van der Waals surface area contributed by atoms with E-state index in [1.807, 2.05) is 24.3 Å². The number of fused-ring (bicyclic) bond motifs is 1. The van der Waals surface area contributed by atoms with E-state index in [0.29, 0.717) is 39.3 Å². The number of rotatable bonds is 4. The van der Waals surface area contributed by atoms with Gasteiger partial charge in [0.2, 0.25) is 10.0 Å². The lowest BCUT2D eigenvalue weighted by Crippen LogP contribution is -2.48. The Labute approximate surface area is 172 Å². The minimum atomic E-state index is -4.82. The van der Waals surface area contributed by atoms with Crippen LogP contribution in [-0.4, -0.2) is 44.9 Å². The van der Waals surface area contributed by atoms with E-state index in [0.717, 1.165) is 35.5 Å². The average Bonchev–Trinajstić information content (AvgIpc) is 2.73. The Hall–Kier alpha value is -2.30. The summed E-state index contributed by atoms with van der Waals surface area (Å²) in [5.41, 5.74) is 2.23. The standard InChI is InChI=1S/C20H21F3N2O4S/c21-20(22,23)29-17-5-7-18(8-6-17)30(26,27)24-11-9-16(10-12-24)25-14-28-13-15-3-1-2-4-19(15)25/h1-8,16H,9-14H2. The van der Waals surface area contributed by atoms with Crippen LogP contribution in [0.4, 0.5) is 18.9 Å². The van der Waals surface area contributed by atoms with Crippen molar-refractivity contribution < 1.29 is 31.1 Å².